The van der Waals surface area contributed by atoms with Crippen LogP contribution in [0.2, 0.25) is 0 Å². The zero-order valence-corrected chi connectivity index (χ0v) is 26.3. The molecule has 0 aliphatic heterocycles. The highest BCUT2D eigenvalue weighted by Crippen LogP contribution is 2.41. The third-order valence-corrected chi connectivity index (χ3v) is 9.23. The fourth-order valence-corrected chi connectivity index (χ4v) is 6.92. The highest BCUT2D eigenvalue weighted by Gasteiger charge is 2.17. The molecule has 0 spiro atoms. The summed E-state index contributed by atoms with van der Waals surface area (Å²) in [5.74, 6) is 0. The molecule has 1 aromatic heterocycles. The second-order valence-electron chi connectivity index (χ2n) is 12.2. The summed E-state index contributed by atoms with van der Waals surface area (Å²) in [6.45, 7) is 0. The molecule has 0 saturated carbocycles. The first-order valence-electron chi connectivity index (χ1n) is 16.3. The smallest absolute Gasteiger partial charge is 0.135 e. The second kappa shape index (κ2) is 11.8. The second-order valence-corrected chi connectivity index (χ2v) is 12.2. The van der Waals surface area contributed by atoms with E-state index >= 15 is 0 Å². The van der Waals surface area contributed by atoms with Gasteiger partial charge < -0.3 is 9.32 Å². The highest BCUT2D eigenvalue weighted by molar-refractivity contribution is 6.06. The summed E-state index contributed by atoms with van der Waals surface area (Å²) in [5, 5.41) is 4.73. The average molecular weight is 614 g/mol. The third kappa shape index (κ3) is 5.01. The first-order chi connectivity index (χ1) is 23.8. The van der Waals surface area contributed by atoms with Crippen LogP contribution in [0.5, 0.6) is 0 Å². The van der Waals surface area contributed by atoms with Crippen LogP contribution in [0.25, 0.3) is 66.1 Å². The van der Waals surface area contributed by atoms with E-state index in [0.717, 1.165) is 44.6 Å². The van der Waals surface area contributed by atoms with Crippen molar-refractivity contribution in [2.75, 3.05) is 4.90 Å². The van der Waals surface area contributed by atoms with Crippen LogP contribution in [-0.2, 0) is 0 Å². The van der Waals surface area contributed by atoms with E-state index in [9.17, 15) is 0 Å². The van der Waals surface area contributed by atoms with Crippen LogP contribution in [0.1, 0.15) is 0 Å². The van der Waals surface area contributed by atoms with Gasteiger partial charge in [-0.3, -0.25) is 0 Å². The number of anilines is 3. The summed E-state index contributed by atoms with van der Waals surface area (Å²) < 4.78 is 6.21. The van der Waals surface area contributed by atoms with E-state index in [4.69, 9.17) is 4.42 Å². The Morgan fingerprint density at radius 2 is 0.854 bits per heavy atom. The molecule has 0 radical (unpaired) electrons. The van der Waals surface area contributed by atoms with E-state index in [1.54, 1.807) is 0 Å². The lowest BCUT2D eigenvalue weighted by molar-refractivity contribution is 0.669. The third-order valence-electron chi connectivity index (χ3n) is 9.23. The van der Waals surface area contributed by atoms with Gasteiger partial charge in [-0.05, 0) is 98.8 Å². The molecule has 0 bridgehead atoms. The molecule has 0 atom stereocenters. The Bertz CT molecular complexity index is 2570. The van der Waals surface area contributed by atoms with E-state index < -0.39 is 0 Å². The van der Waals surface area contributed by atoms with Gasteiger partial charge in [0.2, 0.25) is 0 Å². The number of benzene rings is 8. The van der Waals surface area contributed by atoms with Crippen molar-refractivity contribution < 1.29 is 4.42 Å². The average Bonchev–Trinajstić information content (AvgIpc) is 3.53. The van der Waals surface area contributed by atoms with Crippen molar-refractivity contribution in [2.45, 2.75) is 0 Å². The lowest BCUT2D eigenvalue weighted by Gasteiger charge is -2.26. The first kappa shape index (κ1) is 27.9. The zero-order chi connectivity index (χ0) is 31.9. The molecule has 1 heterocycles. The SMILES string of the molecule is c1ccc(-c2cccc(N(c3cccc(-c4cccc(-c5cccc6ccccc56)c4)c3)c3ccc4oc5ccccc5c4c3)c2)cc1. The molecular weight excluding hydrogens is 583 g/mol. The van der Waals surface area contributed by atoms with Gasteiger partial charge in [0.05, 0.1) is 0 Å². The van der Waals surface area contributed by atoms with Crippen molar-refractivity contribution in [3.63, 3.8) is 0 Å². The summed E-state index contributed by atoms with van der Waals surface area (Å²) in [4.78, 5) is 2.35. The Labute approximate surface area is 279 Å². The van der Waals surface area contributed by atoms with Gasteiger partial charge in [0.15, 0.2) is 0 Å². The fourth-order valence-electron chi connectivity index (χ4n) is 6.92. The van der Waals surface area contributed by atoms with Crippen molar-refractivity contribution in [1.82, 2.24) is 0 Å². The normalized spacial score (nSPS) is 11.3. The van der Waals surface area contributed by atoms with Crippen LogP contribution < -0.4 is 4.90 Å². The van der Waals surface area contributed by atoms with Crippen molar-refractivity contribution in [3.8, 4) is 33.4 Å². The predicted molar refractivity (Wildman–Crippen MR) is 202 cm³/mol. The molecule has 0 fully saturated rings. The van der Waals surface area contributed by atoms with Gasteiger partial charge in [-0.15, -0.1) is 0 Å². The predicted octanol–water partition coefficient (Wildman–Crippen LogP) is 13.2. The number of hydrogen-bond acceptors (Lipinski definition) is 2. The molecule has 0 amide bonds. The van der Waals surface area contributed by atoms with Gasteiger partial charge in [-0.2, -0.15) is 0 Å². The van der Waals surface area contributed by atoms with Crippen LogP contribution >= 0.6 is 0 Å². The summed E-state index contributed by atoms with van der Waals surface area (Å²) in [6, 6.07) is 67.0. The maximum absolute atomic E-state index is 6.21. The summed E-state index contributed by atoms with van der Waals surface area (Å²) in [7, 11) is 0. The van der Waals surface area contributed by atoms with E-state index in [2.05, 4.69) is 181 Å². The van der Waals surface area contributed by atoms with Gasteiger partial charge in [0, 0.05) is 27.8 Å². The molecule has 0 aliphatic rings. The summed E-state index contributed by atoms with van der Waals surface area (Å²) in [5.41, 5.74) is 12.2. The molecule has 9 aromatic rings. The Morgan fingerprint density at radius 3 is 1.67 bits per heavy atom. The molecular formula is C46H31NO. The van der Waals surface area contributed by atoms with Crippen LogP contribution in [-0.4, -0.2) is 0 Å². The highest BCUT2D eigenvalue weighted by atomic mass is 16.3. The minimum atomic E-state index is 0.886. The molecule has 2 nitrogen and oxygen atoms in total. The quantitative estimate of drug-likeness (QED) is 0.185. The molecule has 8 aromatic carbocycles. The van der Waals surface area contributed by atoms with Crippen LogP contribution in [0.15, 0.2) is 192 Å². The molecule has 48 heavy (non-hydrogen) atoms. The number of nitrogens with zero attached hydrogens (tertiary/aromatic N) is 1. The first-order valence-corrected chi connectivity index (χ1v) is 16.3. The van der Waals surface area contributed by atoms with Crippen molar-refractivity contribution in [3.05, 3.63) is 188 Å². The molecule has 226 valence electrons. The number of para-hydroxylation sites is 1. The molecule has 9 rings (SSSR count). The van der Waals surface area contributed by atoms with Crippen molar-refractivity contribution in [1.29, 1.82) is 0 Å². The number of rotatable bonds is 6. The Hall–Kier alpha value is -6.38. The zero-order valence-electron chi connectivity index (χ0n) is 26.3. The van der Waals surface area contributed by atoms with Gasteiger partial charge >= 0.3 is 0 Å². The molecule has 2 heteroatoms. The maximum atomic E-state index is 6.21. The standard InChI is InChI=1S/C46H31NO/c1-2-12-32(13-3-1)35-17-9-20-38(29-35)47(40-26-27-46-44(31-40)43-23-6-7-25-45(43)48-46)39-21-10-18-36(30-39)34-16-8-19-37(28-34)42-24-11-15-33-14-4-5-22-41(33)42/h1-31H. The molecule has 0 N–H and O–H groups in total. The largest absolute Gasteiger partial charge is 0.456 e. The van der Waals surface area contributed by atoms with Gasteiger partial charge in [-0.25, -0.2) is 0 Å². The lowest BCUT2D eigenvalue weighted by atomic mass is 9.95. The minimum Gasteiger partial charge on any atom is -0.456 e. The van der Waals surface area contributed by atoms with E-state index in [-0.39, 0.29) is 0 Å². The van der Waals surface area contributed by atoms with Gasteiger partial charge in [0.1, 0.15) is 11.2 Å². The van der Waals surface area contributed by atoms with Crippen LogP contribution in [0.4, 0.5) is 17.1 Å². The monoisotopic (exact) mass is 613 g/mol. The minimum absolute atomic E-state index is 0.886. The Balaban J connectivity index is 1.19. The number of fused-ring (bicyclic) bond motifs is 4. The molecule has 0 saturated heterocycles. The van der Waals surface area contributed by atoms with Gasteiger partial charge in [-0.1, -0.05) is 133 Å². The van der Waals surface area contributed by atoms with Crippen molar-refractivity contribution >= 4 is 49.8 Å². The van der Waals surface area contributed by atoms with E-state index in [1.165, 1.54) is 38.6 Å². The van der Waals surface area contributed by atoms with Gasteiger partial charge in [0.25, 0.3) is 0 Å². The lowest BCUT2D eigenvalue weighted by Crippen LogP contribution is -2.10. The van der Waals surface area contributed by atoms with Crippen molar-refractivity contribution in [2.24, 2.45) is 0 Å². The maximum Gasteiger partial charge on any atom is 0.135 e. The topological polar surface area (TPSA) is 16.4 Å². The number of furan rings is 1. The Kier molecular flexibility index (Phi) is 6.84. The summed E-state index contributed by atoms with van der Waals surface area (Å²) in [6.07, 6.45) is 0. The van der Waals surface area contributed by atoms with E-state index in [0.29, 0.717) is 0 Å². The van der Waals surface area contributed by atoms with Crippen LogP contribution in [0.3, 0.4) is 0 Å². The fraction of sp³-hybridized carbons (Fsp3) is 0. The molecule has 0 aliphatic carbocycles. The molecule has 0 unspecified atom stereocenters. The van der Waals surface area contributed by atoms with Crippen LogP contribution in [0, 0.1) is 0 Å². The number of hydrogen-bond donors (Lipinski definition) is 0. The summed E-state index contributed by atoms with van der Waals surface area (Å²) >= 11 is 0. The Morgan fingerprint density at radius 1 is 0.312 bits per heavy atom. The van der Waals surface area contributed by atoms with E-state index in [1.807, 2.05) is 12.1 Å².